The molecule has 2 aliphatic carbocycles. The van der Waals surface area contributed by atoms with Crippen molar-refractivity contribution < 1.29 is 8.83 Å². The summed E-state index contributed by atoms with van der Waals surface area (Å²) in [6, 6.07) is 78.7. The minimum absolute atomic E-state index is 0.223. The number of nitrogens with zero attached hydrogens (tertiary/aromatic N) is 2. The van der Waals surface area contributed by atoms with Crippen molar-refractivity contribution in [2.45, 2.75) is 136 Å². The lowest BCUT2D eigenvalue weighted by Gasteiger charge is -2.31. The van der Waals surface area contributed by atoms with Gasteiger partial charge in [0.1, 0.15) is 11.2 Å². The minimum atomic E-state index is 0.223. The summed E-state index contributed by atoms with van der Waals surface area (Å²) in [6.45, 7) is 11.6. The fourth-order valence-corrected chi connectivity index (χ4v) is 16.2. The average Bonchev–Trinajstić information content (AvgIpc) is 1.56. The first-order valence-corrected chi connectivity index (χ1v) is 33.5. The predicted molar refractivity (Wildman–Crippen MR) is 379 cm³/mol. The third-order valence-corrected chi connectivity index (χ3v) is 20.8. The molecule has 0 unspecified atom stereocenters. The Kier molecular flexibility index (Phi) is 14.1. The quantitative estimate of drug-likeness (QED) is 0.102. The minimum Gasteiger partial charge on any atom is -0.453 e. The Morgan fingerprint density at radius 2 is 0.730 bits per heavy atom. The number of para-hydroxylation sites is 4. The molecule has 4 nitrogen and oxygen atoms in total. The van der Waals surface area contributed by atoms with Crippen molar-refractivity contribution in [2.75, 3.05) is 9.80 Å². The Bertz CT molecular complexity index is 4970. The summed E-state index contributed by atoms with van der Waals surface area (Å²) in [7, 11) is 0. The number of benzene rings is 12. The fourth-order valence-electron chi connectivity index (χ4n) is 16.2. The average molecular weight is 1160 g/mol. The molecular formula is C85H78N2O2. The predicted octanol–water partition coefficient (Wildman–Crippen LogP) is 25.6. The van der Waals surface area contributed by atoms with Crippen molar-refractivity contribution in [3.63, 3.8) is 0 Å². The molecule has 4 heteroatoms. The number of anilines is 6. The van der Waals surface area contributed by atoms with Crippen LogP contribution in [0.5, 0.6) is 0 Å². The van der Waals surface area contributed by atoms with Crippen LogP contribution in [0.15, 0.2) is 215 Å². The first-order valence-electron chi connectivity index (χ1n) is 33.5. The van der Waals surface area contributed by atoms with Crippen molar-refractivity contribution in [3.8, 4) is 22.3 Å². The van der Waals surface area contributed by atoms with Gasteiger partial charge in [-0.3, -0.25) is 0 Å². The highest BCUT2D eigenvalue weighted by Gasteiger charge is 2.30. The standard InChI is InChI=1S/C85H78N2O2/c1-6-54-23-15-17-29-63(54)67-31-19-33-69-71-35-21-37-76(84(71)88-82(67)69)86(61-43-39-59(40-44-61)57-25-11-9-12-26-57)78-51-56(8-3)65-47-49-74-79(52-75(53(4)5)66-48-50-73(78)80(65)81(66)74)87(62-45-41-60(42-46-62)58-27-13-10-14-28-58)77-38-22-36-72-70-34-20-32-68(83(70)89-85(72)77)64-30-18-16-24-55(64)7-2/h15-24,29-53,57-58H,6-14,25-28H2,1-5H3. The molecule has 0 spiro atoms. The van der Waals surface area contributed by atoms with E-state index in [0.717, 1.165) is 108 Å². The van der Waals surface area contributed by atoms with Gasteiger partial charge >= 0.3 is 0 Å². The Balaban J connectivity index is 0.958. The first kappa shape index (κ1) is 55.2. The number of furan rings is 2. The maximum absolute atomic E-state index is 7.45. The summed E-state index contributed by atoms with van der Waals surface area (Å²) in [6.07, 6.45) is 15.6. The van der Waals surface area contributed by atoms with Gasteiger partial charge in [0.2, 0.25) is 0 Å². The van der Waals surface area contributed by atoms with Crippen LogP contribution >= 0.6 is 0 Å². The van der Waals surface area contributed by atoms with E-state index < -0.39 is 0 Å². The zero-order valence-electron chi connectivity index (χ0n) is 52.3. The molecule has 0 N–H and O–H groups in total. The van der Waals surface area contributed by atoms with Crippen LogP contribution in [-0.4, -0.2) is 0 Å². The third-order valence-electron chi connectivity index (χ3n) is 20.8. The van der Waals surface area contributed by atoms with E-state index in [4.69, 9.17) is 8.83 Å². The Morgan fingerprint density at radius 3 is 1.19 bits per heavy atom. The SMILES string of the molecule is CCc1ccccc1-c1cccc2c1oc1c(N(c3ccc(C4CCCCC4)cc3)c3cc(CC)c4ccc5c(N(c6ccc(C7CCCCC7)cc6)c6cccc7c6oc6c(-c8ccccc8CC)cccc67)cc(C(C)C)c6ccc3c4c65)cccc12. The Hall–Kier alpha value is -9.12. The third kappa shape index (κ3) is 9.22. The van der Waals surface area contributed by atoms with E-state index >= 15 is 0 Å². The zero-order chi connectivity index (χ0) is 59.9. The molecule has 2 aromatic heterocycles. The molecule has 0 amide bonds. The molecule has 2 heterocycles. The van der Waals surface area contributed by atoms with E-state index in [1.807, 2.05) is 0 Å². The van der Waals surface area contributed by atoms with E-state index in [9.17, 15) is 0 Å². The Morgan fingerprint density at radius 1 is 0.337 bits per heavy atom. The molecule has 2 saturated carbocycles. The number of fused-ring (bicyclic) bond motifs is 6. The molecule has 440 valence electrons. The van der Waals surface area contributed by atoms with Gasteiger partial charge in [-0.05, 0) is 177 Å². The van der Waals surface area contributed by atoms with Crippen molar-refractivity contribution >= 4 is 110 Å². The van der Waals surface area contributed by atoms with Gasteiger partial charge in [0.25, 0.3) is 0 Å². The van der Waals surface area contributed by atoms with Gasteiger partial charge in [-0.25, -0.2) is 0 Å². The van der Waals surface area contributed by atoms with Crippen molar-refractivity contribution in [1.82, 2.24) is 0 Å². The summed E-state index contributed by atoms with van der Waals surface area (Å²) in [5.41, 5.74) is 23.1. The van der Waals surface area contributed by atoms with Gasteiger partial charge in [-0.1, -0.05) is 231 Å². The van der Waals surface area contributed by atoms with Crippen molar-refractivity contribution in [2.24, 2.45) is 0 Å². The van der Waals surface area contributed by atoms with Crippen LogP contribution in [0, 0.1) is 0 Å². The van der Waals surface area contributed by atoms with Crippen LogP contribution in [0.2, 0.25) is 0 Å². The van der Waals surface area contributed by atoms with E-state index in [1.54, 1.807) is 0 Å². The molecule has 89 heavy (non-hydrogen) atoms. The van der Waals surface area contributed by atoms with Crippen molar-refractivity contribution in [3.05, 3.63) is 240 Å². The molecule has 0 radical (unpaired) electrons. The van der Waals surface area contributed by atoms with Crippen LogP contribution < -0.4 is 9.80 Å². The van der Waals surface area contributed by atoms with Gasteiger partial charge in [-0.2, -0.15) is 0 Å². The first-order chi connectivity index (χ1) is 43.9. The van der Waals surface area contributed by atoms with Crippen LogP contribution in [0.25, 0.3) is 98.4 Å². The van der Waals surface area contributed by atoms with Gasteiger partial charge in [0, 0.05) is 54.8 Å². The molecule has 14 aromatic rings. The second-order valence-electron chi connectivity index (χ2n) is 26.0. The van der Waals surface area contributed by atoms with Crippen LogP contribution in [-0.2, 0) is 19.3 Å². The Labute approximate surface area is 523 Å². The van der Waals surface area contributed by atoms with E-state index in [1.165, 1.54) is 141 Å². The van der Waals surface area contributed by atoms with Crippen LogP contribution in [0.4, 0.5) is 34.1 Å². The lowest BCUT2D eigenvalue weighted by Crippen LogP contribution is -2.13. The number of hydrogen-bond donors (Lipinski definition) is 0. The second kappa shape index (κ2) is 22.8. The van der Waals surface area contributed by atoms with Gasteiger partial charge < -0.3 is 18.6 Å². The number of hydrogen-bond acceptors (Lipinski definition) is 4. The highest BCUT2D eigenvalue weighted by atomic mass is 16.3. The zero-order valence-corrected chi connectivity index (χ0v) is 52.3. The number of aryl methyl sites for hydroxylation is 3. The molecule has 2 aliphatic rings. The molecular weight excluding hydrogens is 1080 g/mol. The molecule has 2 fully saturated rings. The van der Waals surface area contributed by atoms with E-state index in [2.05, 4.69) is 251 Å². The van der Waals surface area contributed by atoms with E-state index in [-0.39, 0.29) is 5.92 Å². The number of rotatable bonds is 14. The highest BCUT2D eigenvalue weighted by molar-refractivity contribution is 6.30. The second-order valence-corrected chi connectivity index (χ2v) is 26.0. The molecule has 16 rings (SSSR count). The van der Waals surface area contributed by atoms with Gasteiger partial charge in [-0.15, -0.1) is 0 Å². The maximum Gasteiger partial charge on any atom is 0.159 e. The van der Waals surface area contributed by atoms with Crippen molar-refractivity contribution in [1.29, 1.82) is 0 Å². The maximum atomic E-state index is 7.45. The molecule has 0 bridgehead atoms. The molecule has 0 saturated heterocycles. The van der Waals surface area contributed by atoms with Gasteiger partial charge in [0.05, 0.1) is 22.7 Å². The van der Waals surface area contributed by atoms with Gasteiger partial charge in [0.15, 0.2) is 11.2 Å². The summed E-state index contributed by atoms with van der Waals surface area (Å²) in [4.78, 5) is 5.09. The summed E-state index contributed by atoms with van der Waals surface area (Å²) in [5.74, 6) is 1.41. The van der Waals surface area contributed by atoms with E-state index in [0.29, 0.717) is 11.8 Å². The largest absolute Gasteiger partial charge is 0.453 e. The normalized spacial score (nSPS) is 14.5. The summed E-state index contributed by atoms with van der Waals surface area (Å²) in [5, 5.41) is 12.1. The monoisotopic (exact) mass is 1160 g/mol. The molecule has 0 atom stereocenters. The topological polar surface area (TPSA) is 32.8 Å². The lowest BCUT2D eigenvalue weighted by atomic mass is 9.84. The summed E-state index contributed by atoms with van der Waals surface area (Å²) >= 11 is 0. The van der Waals surface area contributed by atoms with Crippen LogP contribution in [0.3, 0.4) is 0 Å². The highest BCUT2D eigenvalue weighted by Crippen LogP contribution is 2.54. The lowest BCUT2D eigenvalue weighted by molar-refractivity contribution is 0.443. The summed E-state index contributed by atoms with van der Waals surface area (Å²) < 4.78 is 14.9. The van der Waals surface area contributed by atoms with Crippen LogP contribution in [0.1, 0.15) is 150 Å². The molecule has 0 aliphatic heterocycles. The fraction of sp³-hybridized carbons (Fsp3) is 0.247. The molecule has 12 aromatic carbocycles. The smallest absolute Gasteiger partial charge is 0.159 e.